The molecule has 1 fully saturated rings. The third-order valence-corrected chi connectivity index (χ3v) is 3.16. The number of ether oxygens (including phenoxy) is 1. The van der Waals surface area contributed by atoms with Crippen molar-refractivity contribution in [2.75, 3.05) is 13.1 Å². The molecule has 0 aliphatic carbocycles. The molecule has 1 N–H and O–H groups in total. The molecule has 1 aliphatic heterocycles. The second kappa shape index (κ2) is 4.78. The summed E-state index contributed by atoms with van der Waals surface area (Å²) in [5.41, 5.74) is 2.10. The van der Waals surface area contributed by atoms with Crippen LogP contribution in [-0.2, 0) is 7.05 Å². The van der Waals surface area contributed by atoms with Crippen molar-refractivity contribution in [2.24, 2.45) is 7.05 Å². The molecule has 3 heterocycles. The Hall–Kier alpha value is -1.88. The number of aryl methyl sites for hydroxylation is 1. The van der Waals surface area contributed by atoms with E-state index in [-0.39, 0.29) is 6.10 Å². The monoisotopic (exact) mass is 244 g/mol. The van der Waals surface area contributed by atoms with Crippen molar-refractivity contribution in [1.29, 1.82) is 0 Å². The molecule has 94 valence electrons. The first-order valence-electron chi connectivity index (χ1n) is 6.15. The van der Waals surface area contributed by atoms with Crippen molar-refractivity contribution < 1.29 is 4.74 Å². The Morgan fingerprint density at radius 1 is 1.39 bits per heavy atom. The Morgan fingerprint density at radius 3 is 2.94 bits per heavy atom. The van der Waals surface area contributed by atoms with Crippen molar-refractivity contribution in [2.45, 2.75) is 12.5 Å². The van der Waals surface area contributed by atoms with E-state index in [0.29, 0.717) is 5.88 Å². The van der Waals surface area contributed by atoms with Crippen molar-refractivity contribution in [1.82, 2.24) is 20.1 Å². The van der Waals surface area contributed by atoms with E-state index in [2.05, 4.69) is 15.4 Å². The number of pyridine rings is 1. The molecule has 1 aliphatic rings. The van der Waals surface area contributed by atoms with Crippen molar-refractivity contribution in [3.8, 4) is 17.1 Å². The zero-order chi connectivity index (χ0) is 12.4. The highest BCUT2D eigenvalue weighted by atomic mass is 16.5. The Morgan fingerprint density at radius 2 is 2.33 bits per heavy atom. The molecule has 2 aromatic heterocycles. The summed E-state index contributed by atoms with van der Waals surface area (Å²) >= 11 is 0. The SMILES string of the molecule is Cn1nccc1-c1ccc(OC2CCNC2)nc1. The van der Waals surface area contributed by atoms with Crippen LogP contribution in [-0.4, -0.2) is 34.0 Å². The highest BCUT2D eigenvalue weighted by Gasteiger charge is 2.16. The Bertz CT molecular complexity index is 514. The van der Waals surface area contributed by atoms with E-state index in [1.54, 1.807) is 6.20 Å². The van der Waals surface area contributed by atoms with Crippen LogP contribution >= 0.6 is 0 Å². The maximum atomic E-state index is 5.78. The van der Waals surface area contributed by atoms with E-state index in [1.165, 1.54) is 0 Å². The first kappa shape index (κ1) is 11.2. The lowest BCUT2D eigenvalue weighted by atomic mass is 10.2. The second-order valence-corrected chi connectivity index (χ2v) is 4.46. The lowest BCUT2D eigenvalue weighted by Crippen LogP contribution is -2.19. The van der Waals surface area contributed by atoms with Crippen LogP contribution in [0.25, 0.3) is 11.3 Å². The van der Waals surface area contributed by atoms with Crippen LogP contribution in [0.3, 0.4) is 0 Å². The molecule has 2 aromatic rings. The summed E-state index contributed by atoms with van der Waals surface area (Å²) in [7, 11) is 1.92. The first-order chi connectivity index (χ1) is 8.83. The van der Waals surface area contributed by atoms with Crippen LogP contribution in [0.2, 0.25) is 0 Å². The van der Waals surface area contributed by atoms with E-state index >= 15 is 0 Å². The fourth-order valence-corrected chi connectivity index (χ4v) is 2.16. The third-order valence-electron chi connectivity index (χ3n) is 3.16. The largest absolute Gasteiger partial charge is 0.473 e. The van der Waals surface area contributed by atoms with E-state index in [9.17, 15) is 0 Å². The topological polar surface area (TPSA) is 52.0 Å². The fourth-order valence-electron chi connectivity index (χ4n) is 2.16. The summed E-state index contributed by atoms with van der Waals surface area (Å²) in [6.45, 7) is 1.93. The van der Waals surface area contributed by atoms with Crippen molar-refractivity contribution >= 4 is 0 Å². The summed E-state index contributed by atoms with van der Waals surface area (Å²) in [5.74, 6) is 0.689. The molecule has 0 aromatic carbocycles. The van der Waals surface area contributed by atoms with Crippen LogP contribution in [0, 0.1) is 0 Å². The molecule has 1 saturated heterocycles. The quantitative estimate of drug-likeness (QED) is 0.882. The van der Waals surface area contributed by atoms with Gasteiger partial charge in [-0.15, -0.1) is 0 Å². The minimum atomic E-state index is 0.250. The van der Waals surface area contributed by atoms with Gasteiger partial charge >= 0.3 is 0 Å². The fraction of sp³-hybridized carbons (Fsp3) is 0.385. The molecule has 5 nitrogen and oxygen atoms in total. The zero-order valence-corrected chi connectivity index (χ0v) is 10.3. The maximum absolute atomic E-state index is 5.78. The molecular weight excluding hydrogens is 228 g/mol. The van der Waals surface area contributed by atoms with Gasteiger partial charge in [0, 0.05) is 37.6 Å². The van der Waals surface area contributed by atoms with E-state index in [0.717, 1.165) is 30.8 Å². The van der Waals surface area contributed by atoms with Gasteiger partial charge in [0.15, 0.2) is 0 Å². The van der Waals surface area contributed by atoms with E-state index < -0.39 is 0 Å². The minimum absolute atomic E-state index is 0.250. The van der Waals surface area contributed by atoms with E-state index in [4.69, 9.17) is 4.74 Å². The van der Waals surface area contributed by atoms with Crippen LogP contribution in [0.4, 0.5) is 0 Å². The normalized spacial score (nSPS) is 19.1. The summed E-state index contributed by atoms with van der Waals surface area (Å²) in [6, 6.07) is 5.90. The van der Waals surface area contributed by atoms with Gasteiger partial charge in [-0.05, 0) is 25.1 Å². The lowest BCUT2D eigenvalue weighted by molar-refractivity contribution is 0.214. The Balaban J connectivity index is 1.74. The molecule has 1 atom stereocenters. The predicted molar refractivity (Wildman–Crippen MR) is 68.3 cm³/mol. The second-order valence-electron chi connectivity index (χ2n) is 4.46. The lowest BCUT2D eigenvalue weighted by Gasteiger charge is -2.11. The molecule has 0 radical (unpaired) electrons. The van der Waals surface area contributed by atoms with Gasteiger partial charge < -0.3 is 10.1 Å². The van der Waals surface area contributed by atoms with Gasteiger partial charge in [0.05, 0.1) is 5.69 Å². The average Bonchev–Trinajstić information content (AvgIpc) is 3.02. The molecule has 3 rings (SSSR count). The number of rotatable bonds is 3. The van der Waals surface area contributed by atoms with Crippen molar-refractivity contribution in [3.63, 3.8) is 0 Å². The van der Waals surface area contributed by atoms with Crippen molar-refractivity contribution in [3.05, 3.63) is 30.6 Å². The van der Waals surface area contributed by atoms with Gasteiger partial charge in [-0.1, -0.05) is 0 Å². The highest BCUT2D eigenvalue weighted by molar-refractivity contribution is 5.58. The molecule has 0 spiro atoms. The van der Waals surface area contributed by atoms with Gasteiger partial charge in [-0.25, -0.2) is 4.98 Å². The summed E-state index contributed by atoms with van der Waals surface area (Å²) in [6.07, 6.45) is 4.91. The summed E-state index contributed by atoms with van der Waals surface area (Å²) in [4.78, 5) is 4.35. The number of aromatic nitrogens is 3. The van der Waals surface area contributed by atoms with Crippen LogP contribution in [0.1, 0.15) is 6.42 Å². The molecule has 0 amide bonds. The zero-order valence-electron chi connectivity index (χ0n) is 10.3. The third kappa shape index (κ3) is 2.22. The van der Waals surface area contributed by atoms with Gasteiger partial charge in [-0.2, -0.15) is 5.10 Å². The van der Waals surface area contributed by atoms with Crippen LogP contribution in [0.15, 0.2) is 30.6 Å². The van der Waals surface area contributed by atoms with Gasteiger partial charge in [0.1, 0.15) is 6.10 Å². The van der Waals surface area contributed by atoms with Crippen LogP contribution in [0.5, 0.6) is 5.88 Å². The Labute approximate surface area is 106 Å². The molecule has 0 saturated carbocycles. The van der Waals surface area contributed by atoms with Gasteiger partial charge in [0.2, 0.25) is 5.88 Å². The number of hydrogen-bond donors (Lipinski definition) is 1. The molecule has 18 heavy (non-hydrogen) atoms. The van der Waals surface area contributed by atoms with Gasteiger partial charge in [0.25, 0.3) is 0 Å². The number of nitrogens with zero attached hydrogens (tertiary/aromatic N) is 3. The maximum Gasteiger partial charge on any atom is 0.213 e. The predicted octanol–water partition coefficient (Wildman–Crippen LogP) is 1.22. The first-order valence-corrected chi connectivity index (χ1v) is 6.15. The smallest absolute Gasteiger partial charge is 0.213 e. The average molecular weight is 244 g/mol. The number of hydrogen-bond acceptors (Lipinski definition) is 4. The number of nitrogens with one attached hydrogen (secondary N) is 1. The standard InChI is InChI=1S/C13H16N4O/c1-17-12(5-7-16-17)10-2-3-13(15-8-10)18-11-4-6-14-9-11/h2-3,5,7-8,11,14H,4,6,9H2,1H3. The minimum Gasteiger partial charge on any atom is -0.473 e. The molecule has 0 bridgehead atoms. The molecular formula is C13H16N4O. The van der Waals surface area contributed by atoms with E-state index in [1.807, 2.05) is 36.1 Å². The van der Waals surface area contributed by atoms with Gasteiger partial charge in [-0.3, -0.25) is 4.68 Å². The summed E-state index contributed by atoms with van der Waals surface area (Å²) in [5, 5.41) is 7.42. The molecule has 5 heteroatoms. The molecule has 1 unspecified atom stereocenters. The summed E-state index contributed by atoms with van der Waals surface area (Å²) < 4.78 is 7.61. The highest BCUT2D eigenvalue weighted by Crippen LogP contribution is 2.20. The van der Waals surface area contributed by atoms with Crippen LogP contribution < -0.4 is 10.1 Å². The Kier molecular flexibility index (Phi) is 2.98.